The summed E-state index contributed by atoms with van der Waals surface area (Å²) >= 11 is 0. The van der Waals surface area contributed by atoms with Gasteiger partial charge < -0.3 is 4.74 Å². The van der Waals surface area contributed by atoms with E-state index in [1.165, 1.54) is 19.3 Å². The third-order valence-electron chi connectivity index (χ3n) is 4.72. The molecular formula is C14H20O2. The molecule has 3 aliphatic rings. The molecular weight excluding hydrogens is 200 g/mol. The van der Waals surface area contributed by atoms with Crippen molar-refractivity contribution in [3.8, 4) is 0 Å². The van der Waals surface area contributed by atoms with Crippen LogP contribution in [0.3, 0.4) is 0 Å². The van der Waals surface area contributed by atoms with Crippen molar-refractivity contribution < 1.29 is 9.53 Å². The van der Waals surface area contributed by atoms with E-state index in [1.54, 1.807) is 11.1 Å². The number of hydrogen-bond acceptors (Lipinski definition) is 2. The molecule has 16 heavy (non-hydrogen) atoms. The fraction of sp³-hybridized carbons (Fsp3) is 0.786. The molecule has 0 amide bonds. The lowest BCUT2D eigenvalue weighted by molar-refractivity contribution is -0.120. The normalized spacial score (nSPS) is 43.8. The molecule has 0 bridgehead atoms. The van der Waals surface area contributed by atoms with Crippen LogP contribution in [-0.4, -0.2) is 19.0 Å². The van der Waals surface area contributed by atoms with Crippen molar-refractivity contribution in [2.75, 3.05) is 13.2 Å². The van der Waals surface area contributed by atoms with Gasteiger partial charge in [0.2, 0.25) is 0 Å². The predicted octanol–water partition coefficient (Wildman–Crippen LogP) is 2.73. The highest BCUT2D eigenvalue weighted by molar-refractivity contribution is 5.79. The van der Waals surface area contributed by atoms with Gasteiger partial charge in [0.05, 0.1) is 13.2 Å². The van der Waals surface area contributed by atoms with Crippen LogP contribution in [0.1, 0.15) is 39.0 Å². The number of ketones is 1. The second kappa shape index (κ2) is 3.99. The van der Waals surface area contributed by atoms with E-state index >= 15 is 0 Å². The molecule has 0 aromatic rings. The summed E-state index contributed by atoms with van der Waals surface area (Å²) in [5.74, 6) is 2.06. The highest BCUT2D eigenvalue weighted by Crippen LogP contribution is 2.43. The number of allylic oxidation sites excluding steroid dienone is 1. The molecule has 1 saturated heterocycles. The molecule has 2 fully saturated rings. The number of Topliss-reactive ketones (excluding diaryl/α,β-unsaturated/α-hetero) is 1. The average molecular weight is 220 g/mol. The summed E-state index contributed by atoms with van der Waals surface area (Å²) in [6.45, 7) is 3.93. The van der Waals surface area contributed by atoms with Gasteiger partial charge in [0.1, 0.15) is 5.78 Å². The van der Waals surface area contributed by atoms with E-state index in [2.05, 4.69) is 6.92 Å². The third-order valence-corrected chi connectivity index (χ3v) is 4.72. The van der Waals surface area contributed by atoms with Gasteiger partial charge in [-0.3, -0.25) is 4.79 Å². The molecule has 2 aliphatic carbocycles. The lowest BCUT2D eigenvalue weighted by Crippen LogP contribution is -2.23. The van der Waals surface area contributed by atoms with Gasteiger partial charge in [-0.15, -0.1) is 0 Å². The van der Waals surface area contributed by atoms with Crippen LogP contribution in [0.2, 0.25) is 0 Å². The summed E-state index contributed by atoms with van der Waals surface area (Å²) in [6.07, 6.45) is 5.30. The Labute approximate surface area is 97.1 Å². The van der Waals surface area contributed by atoms with Gasteiger partial charge in [-0.1, -0.05) is 11.1 Å². The Morgan fingerprint density at radius 3 is 3.00 bits per heavy atom. The number of rotatable bonds is 0. The number of hydrogen-bond donors (Lipinski definition) is 0. The van der Waals surface area contributed by atoms with Gasteiger partial charge in [-0.05, 0) is 38.0 Å². The standard InChI is InChI=1S/C14H20O2/c1-9-13-4-2-3-10(13)5-12(15)6-11-7-16-8-14(9)11/h10-11,14H,2-8H2,1H3/b13-9-/t10-,11-,14-/m0/s1. The molecule has 0 aromatic carbocycles. The zero-order valence-corrected chi connectivity index (χ0v) is 10.00. The molecule has 88 valence electrons. The van der Waals surface area contributed by atoms with E-state index in [0.717, 1.165) is 26.1 Å². The van der Waals surface area contributed by atoms with E-state index in [9.17, 15) is 4.79 Å². The van der Waals surface area contributed by atoms with E-state index in [1.807, 2.05) is 0 Å². The summed E-state index contributed by atoms with van der Waals surface area (Å²) in [5, 5.41) is 0. The maximum Gasteiger partial charge on any atom is 0.133 e. The SMILES string of the molecule is C/C1=C2\CCC[C@H]2CC(=O)C[C@H]2COC[C@@H]12. The Hall–Kier alpha value is -0.630. The Kier molecular flexibility index (Phi) is 2.62. The fourth-order valence-corrected chi connectivity index (χ4v) is 3.83. The van der Waals surface area contributed by atoms with Gasteiger partial charge in [-0.25, -0.2) is 0 Å². The zero-order valence-electron chi connectivity index (χ0n) is 10.00. The number of carbonyl (C=O) groups is 1. The molecule has 3 atom stereocenters. The number of ether oxygens (including phenoxy) is 1. The van der Waals surface area contributed by atoms with Gasteiger partial charge in [-0.2, -0.15) is 0 Å². The largest absolute Gasteiger partial charge is 0.380 e. The molecule has 2 heteroatoms. The van der Waals surface area contributed by atoms with Crippen molar-refractivity contribution in [2.45, 2.75) is 39.0 Å². The molecule has 2 nitrogen and oxygen atoms in total. The minimum absolute atomic E-state index is 0.470. The molecule has 1 saturated carbocycles. The summed E-state index contributed by atoms with van der Waals surface area (Å²) in [7, 11) is 0. The Morgan fingerprint density at radius 2 is 2.12 bits per heavy atom. The minimum Gasteiger partial charge on any atom is -0.380 e. The van der Waals surface area contributed by atoms with Crippen LogP contribution in [0.4, 0.5) is 0 Å². The molecule has 3 rings (SSSR count). The Bertz CT molecular complexity index is 343. The fourth-order valence-electron chi connectivity index (χ4n) is 3.83. The topological polar surface area (TPSA) is 26.3 Å². The van der Waals surface area contributed by atoms with E-state index in [4.69, 9.17) is 4.74 Å². The van der Waals surface area contributed by atoms with E-state index in [-0.39, 0.29) is 0 Å². The maximum absolute atomic E-state index is 11.9. The number of fused-ring (bicyclic) bond motifs is 2. The van der Waals surface area contributed by atoms with Gasteiger partial charge in [0.25, 0.3) is 0 Å². The Morgan fingerprint density at radius 1 is 1.25 bits per heavy atom. The quantitative estimate of drug-likeness (QED) is 0.587. The zero-order chi connectivity index (χ0) is 11.1. The summed E-state index contributed by atoms with van der Waals surface area (Å²) in [6, 6.07) is 0. The van der Waals surface area contributed by atoms with Crippen LogP contribution >= 0.6 is 0 Å². The predicted molar refractivity (Wildman–Crippen MR) is 62.1 cm³/mol. The van der Waals surface area contributed by atoms with Crippen molar-refractivity contribution in [2.24, 2.45) is 17.8 Å². The monoisotopic (exact) mass is 220 g/mol. The minimum atomic E-state index is 0.470. The van der Waals surface area contributed by atoms with Crippen molar-refractivity contribution >= 4 is 5.78 Å². The van der Waals surface area contributed by atoms with Crippen molar-refractivity contribution in [3.63, 3.8) is 0 Å². The summed E-state index contributed by atoms with van der Waals surface area (Å²) in [5.41, 5.74) is 3.17. The van der Waals surface area contributed by atoms with Gasteiger partial charge in [0.15, 0.2) is 0 Å². The number of carbonyl (C=O) groups excluding carboxylic acids is 1. The van der Waals surface area contributed by atoms with Crippen LogP contribution in [-0.2, 0) is 9.53 Å². The van der Waals surface area contributed by atoms with Crippen molar-refractivity contribution in [1.82, 2.24) is 0 Å². The van der Waals surface area contributed by atoms with E-state index < -0.39 is 0 Å². The molecule has 0 N–H and O–H groups in total. The highest BCUT2D eigenvalue weighted by atomic mass is 16.5. The van der Waals surface area contributed by atoms with Crippen LogP contribution < -0.4 is 0 Å². The van der Waals surface area contributed by atoms with Crippen LogP contribution in [0.25, 0.3) is 0 Å². The molecule has 0 radical (unpaired) electrons. The molecule has 0 spiro atoms. The highest BCUT2D eigenvalue weighted by Gasteiger charge is 2.37. The van der Waals surface area contributed by atoms with Gasteiger partial charge in [0, 0.05) is 18.8 Å². The second-order valence-electron chi connectivity index (χ2n) is 5.65. The lowest BCUT2D eigenvalue weighted by Gasteiger charge is -2.26. The molecule has 0 aromatic heterocycles. The first-order valence-corrected chi connectivity index (χ1v) is 6.54. The third kappa shape index (κ3) is 1.64. The van der Waals surface area contributed by atoms with Crippen LogP contribution in [0.15, 0.2) is 11.1 Å². The van der Waals surface area contributed by atoms with Crippen molar-refractivity contribution in [3.05, 3.63) is 11.1 Å². The molecule has 1 aliphatic heterocycles. The molecule has 1 heterocycles. The smallest absolute Gasteiger partial charge is 0.133 e. The van der Waals surface area contributed by atoms with Crippen molar-refractivity contribution in [1.29, 1.82) is 0 Å². The first kappa shape index (κ1) is 10.5. The van der Waals surface area contributed by atoms with Crippen LogP contribution in [0.5, 0.6) is 0 Å². The van der Waals surface area contributed by atoms with E-state index in [0.29, 0.717) is 23.5 Å². The second-order valence-corrected chi connectivity index (χ2v) is 5.65. The molecule has 0 unspecified atom stereocenters. The summed E-state index contributed by atoms with van der Waals surface area (Å²) in [4.78, 5) is 11.9. The maximum atomic E-state index is 11.9. The first-order chi connectivity index (χ1) is 7.75. The summed E-state index contributed by atoms with van der Waals surface area (Å²) < 4.78 is 5.58. The average Bonchev–Trinajstić information content (AvgIpc) is 2.84. The first-order valence-electron chi connectivity index (χ1n) is 6.54. The Balaban J connectivity index is 1.97. The van der Waals surface area contributed by atoms with Gasteiger partial charge >= 0.3 is 0 Å². The van der Waals surface area contributed by atoms with Crippen LogP contribution in [0, 0.1) is 17.8 Å². The lowest BCUT2D eigenvalue weighted by atomic mass is 9.77.